The molecule has 0 unspecified atom stereocenters. The third kappa shape index (κ3) is 4.65. The van der Waals surface area contributed by atoms with Crippen LogP contribution in [-0.2, 0) is 13.0 Å². The Labute approximate surface area is 129 Å². The van der Waals surface area contributed by atoms with E-state index in [1.54, 1.807) is 11.3 Å². The van der Waals surface area contributed by atoms with E-state index in [4.69, 9.17) is 4.99 Å². The van der Waals surface area contributed by atoms with Gasteiger partial charge in [-0.05, 0) is 47.2 Å². The summed E-state index contributed by atoms with van der Waals surface area (Å²) in [5.74, 6) is 0.982. The second kappa shape index (κ2) is 8.07. The lowest BCUT2D eigenvalue weighted by molar-refractivity contribution is 0.486. The van der Waals surface area contributed by atoms with Crippen LogP contribution in [0.5, 0.6) is 0 Å². The molecule has 2 heterocycles. The summed E-state index contributed by atoms with van der Waals surface area (Å²) in [7, 11) is 2.10. The van der Waals surface area contributed by atoms with Gasteiger partial charge in [0.05, 0.1) is 6.54 Å². The van der Waals surface area contributed by atoms with Gasteiger partial charge in [0.15, 0.2) is 5.96 Å². The van der Waals surface area contributed by atoms with E-state index in [-0.39, 0.29) is 0 Å². The predicted octanol–water partition coefficient (Wildman–Crippen LogP) is 3.45. The van der Waals surface area contributed by atoms with Crippen molar-refractivity contribution in [3.8, 4) is 0 Å². The van der Waals surface area contributed by atoms with E-state index in [2.05, 4.69) is 58.5 Å². The van der Waals surface area contributed by atoms with Crippen LogP contribution in [0.1, 0.15) is 17.4 Å². The molecule has 0 aromatic carbocycles. The van der Waals surface area contributed by atoms with Gasteiger partial charge in [-0.25, -0.2) is 4.99 Å². The maximum atomic E-state index is 4.70. The molecule has 1 N–H and O–H groups in total. The number of rotatable bonds is 6. The molecule has 0 fully saturated rings. The van der Waals surface area contributed by atoms with Gasteiger partial charge in [0.2, 0.25) is 0 Å². The van der Waals surface area contributed by atoms with Crippen LogP contribution in [-0.4, -0.2) is 31.0 Å². The summed E-state index contributed by atoms with van der Waals surface area (Å²) < 4.78 is 0. The van der Waals surface area contributed by atoms with Crippen LogP contribution in [0.15, 0.2) is 39.3 Å². The highest BCUT2D eigenvalue weighted by molar-refractivity contribution is 7.09. The van der Waals surface area contributed by atoms with Crippen molar-refractivity contribution >= 4 is 28.6 Å². The number of likely N-dealkylation sites (N-methyl/N-ethyl adjacent to an activating group) is 1. The fourth-order valence-electron chi connectivity index (χ4n) is 1.86. The van der Waals surface area contributed by atoms with Crippen LogP contribution in [0.4, 0.5) is 0 Å². The molecular formula is C15H21N3S2. The number of nitrogens with one attached hydrogen (secondary N) is 1. The molecular weight excluding hydrogens is 286 g/mol. The molecule has 0 radical (unpaired) electrons. The number of hydrogen-bond acceptors (Lipinski definition) is 3. The standard InChI is InChI=1S/C15H21N3S2/c1-3-16-15(17-11-13-7-10-19-12-13)18(2)8-6-14-5-4-9-20-14/h4-5,7,9-10,12H,3,6,8,11H2,1-2H3,(H,16,17). The zero-order valence-electron chi connectivity index (χ0n) is 12.0. The summed E-state index contributed by atoms with van der Waals surface area (Å²) in [5.41, 5.74) is 1.28. The summed E-state index contributed by atoms with van der Waals surface area (Å²) in [6, 6.07) is 6.42. The van der Waals surface area contributed by atoms with E-state index in [9.17, 15) is 0 Å². The van der Waals surface area contributed by atoms with Crippen molar-refractivity contribution in [3.63, 3.8) is 0 Å². The lowest BCUT2D eigenvalue weighted by Crippen LogP contribution is -2.39. The summed E-state index contributed by atoms with van der Waals surface area (Å²) in [6.45, 7) is 4.73. The fourth-order valence-corrected chi connectivity index (χ4v) is 3.22. The first-order valence-corrected chi connectivity index (χ1v) is 8.64. The van der Waals surface area contributed by atoms with Crippen molar-refractivity contribution in [3.05, 3.63) is 44.8 Å². The van der Waals surface area contributed by atoms with E-state index in [1.165, 1.54) is 10.4 Å². The van der Waals surface area contributed by atoms with Gasteiger partial charge in [0.1, 0.15) is 0 Å². The molecule has 0 spiro atoms. The summed E-state index contributed by atoms with van der Waals surface area (Å²) in [5, 5.41) is 9.73. The minimum Gasteiger partial charge on any atom is -0.357 e. The zero-order valence-corrected chi connectivity index (χ0v) is 13.6. The topological polar surface area (TPSA) is 27.6 Å². The SMILES string of the molecule is CCNC(=NCc1ccsc1)N(C)CCc1cccs1. The fraction of sp³-hybridized carbons (Fsp3) is 0.400. The Bertz CT molecular complexity index is 503. The molecule has 0 aliphatic heterocycles. The van der Waals surface area contributed by atoms with Crippen molar-refractivity contribution in [2.45, 2.75) is 19.9 Å². The van der Waals surface area contributed by atoms with Gasteiger partial charge < -0.3 is 10.2 Å². The molecule has 0 saturated carbocycles. The monoisotopic (exact) mass is 307 g/mol. The maximum Gasteiger partial charge on any atom is 0.193 e. The van der Waals surface area contributed by atoms with Crippen molar-refractivity contribution < 1.29 is 0 Å². The summed E-state index contributed by atoms with van der Waals surface area (Å²) >= 11 is 3.54. The summed E-state index contributed by atoms with van der Waals surface area (Å²) in [6.07, 6.45) is 1.07. The van der Waals surface area contributed by atoms with Crippen LogP contribution in [0, 0.1) is 0 Å². The number of hydrogen-bond donors (Lipinski definition) is 1. The molecule has 3 nitrogen and oxygen atoms in total. The van der Waals surface area contributed by atoms with E-state index in [1.807, 2.05) is 11.3 Å². The van der Waals surface area contributed by atoms with Gasteiger partial charge in [0.25, 0.3) is 0 Å². The lowest BCUT2D eigenvalue weighted by Gasteiger charge is -2.21. The Morgan fingerprint density at radius 3 is 2.90 bits per heavy atom. The Hall–Kier alpha value is -1.33. The van der Waals surface area contributed by atoms with Crippen molar-refractivity contribution in [2.75, 3.05) is 20.1 Å². The zero-order chi connectivity index (χ0) is 14.2. The molecule has 0 saturated heterocycles. The lowest BCUT2D eigenvalue weighted by atomic mass is 10.3. The number of thiophene rings is 2. The minimum absolute atomic E-state index is 0.745. The molecule has 0 atom stereocenters. The number of guanidine groups is 1. The van der Waals surface area contributed by atoms with Gasteiger partial charge in [-0.2, -0.15) is 11.3 Å². The van der Waals surface area contributed by atoms with Crippen LogP contribution >= 0.6 is 22.7 Å². The van der Waals surface area contributed by atoms with Crippen LogP contribution < -0.4 is 5.32 Å². The quantitative estimate of drug-likeness (QED) is 0.654. The first kappa shape index (κ1) is 15.1. The van der Waals surface area contributed by atoms with Crippen molar-refractivity contribution in [1.29, 1.82) is 0 Å². The van der Waals surface area contributed by atoms with Crippen LogP contribution in [0.3, 0.4) is 0 Å². The molecule has 5 heteroatoms. The van der Waals surface area contributed by atoms with Crippen molar-refractivity contribution in [1.82, 2.24) is 10.2 Å². The average Bonchev–Trinajstić information content (AvgIpc) is 3.13. The maximum absolute atomic E-state index is 4.70. The Kier molecular flexibility index (Phi) is 6.08. The van der Waals surface area contributed by atoms with E-state index < -0.39 is 0 Å². The van der Waals surface area contributed by atoms with Gasteiger partial charge in [-0.3, -0.25) is 0 Å². The molecule has 0 amide bonds. The normalized spacial score (nSPS) is 11.6. The summed E-state index contributed by atoms with van der Waals surface area (Å²) in [4.78, 5) is 8.32. The molecule has 2 rings (SSSR count). The highest BCUT2D eigenvalue weighted by atomic mass is 32.1. The Morgan fingerprint density at radius 1 is 1.35 bits per heavy atom. The molecule has 2 aromatic rings. The average molecular weight is 307 g/mol. The molecule has 0 aliphatic rings. The number of aliphatic imine (C=N–C) groups is 1. The van der Waals surface area contributed by atoms with Crippen LogP contribution in [0.2, 0.25) is 0 Å². The highest BCUT2D eigenvalue weighted by Crippen LogP contribution is 2.10. The van der Waals surface area contributed by atoms with Gasteiger partial charge in [0, 0.05) is 25.0 Å². The number of nitrogens with zero attached hydrogens (tertiary/aromatic N) is 2. The Balaban J connectivity index is 1.90. The smallest absolute Gasteiger partial charge is 0.193 e. The highest BCUT2D eigenvalue weighted by Gasteiger charge is 2.06. The van der Waals surface area contributed by atoms with Gasteiger partial charge >= 0.3 is 0 Å². The first-order valence-electron chi connectivity index (χ1n) is 6.82. The second-order valence-corrected chi connectivity index (χ2v) is 6.36. The molecule has 0 aliphatic carbocycles. The van der Waals surface area contributed by atoms with Gasteiger partial charge in [-0.15, -0.1) is 11.3 Å². The van der Waals surface area contributed by atoms with Crippen LogP contribution in [0.25, 0.3) is 0 Å². The third-order valence-electron chi connectivity index (χ3n) is 2.96. The van der Waals surface area contributed by atoms with E-state index >= 15 is 0 Å². The van der Waals surface area contributed by atoms with E-state index in [0.717, 1.165) is 32.0 Å². The van der Waals surface area contributed by atoms with Gasteiger partial charge in [-0.1, -0.05) is 6.07 Å². The first-order chi connectivity index (χ1) is 9.79. The van der Waals surface area contributed by atoms with Crippen molar-refractivity contribution in [2.24, 2.45) is 4.99 Å². The molecule has 0 bridgehead atoms. The largest absolute Gasteiger partial charge is 0.357 e. The molecule has 2 aromatic heterocycles. The molecule has 20 heavy (non-hydrogen) atoms. The minimum atomic E-state index is 0.745. The Morgan fingerprint density at radius 2 is 2.25 bits per heavy atom. The molecule has 108 valence electrons. The third-order valence-corrected chi connectivity index (χ3v) is 4.63. The second-order valence-electron chi connectivity index (χ2n) is 4.55. The predicted molar refractivity (Wildman–Crippen MR) is 89.8 cm³/mol. The van der Waals surface area contributed by atoms with E-state index in [0.29, 0.717) is 0 Å².